The first-order chi connectivity index (χ1) is 39.8. The molecule has 0 aliphatic rings. The van der Waals surface area contributed by atoms with Crippen LogP contribution in [0.3, 0.4) is 0 Å². The summed E-state index contributed by atoms with van der Waals surface area (Å²) < 4.78 is 33.0. The Morgan fingerprint density at radius 1 is 0.383 bits per heavy atom. The van der Waals surface area contributed by atoms with E-state index in [0.29, 0.717) is 6.42 Å². The highest BCUT2D eigenvalue weighted by Gasteiger charge is 2.26. The van der Waals surface area contributed by atoms with Crippen molar-refractivity contribution < 1.29 is 37.6 Å². The van der Waals surface area contributed by atoms with Gasteiger partial charge in [-0.3, -0.25) is 18.6 Å². The summed E-state index contributed by atoms with van der Waals surface area (Å²) in [5.74, 6) is -0.867. The topological polar surface area (TPSA) is 134 Å². The van der Waals surface area contributed by atoms with Crippen LogP contribution < -0.4 is 5.73 Å². The molecule has 0 rings (SSSR count). The molecule has 9 nitrogen and oxygen atoms in total. The lowest BCUT2D eigenvalue weighted by Crippen LogP contribution is -2.29. The Morgan fingerprint density at radius 3 is 1.02 bits per heavy atom. The fraction of sp³-hybridized carbons (Fsp3) is 0.606. The Kier molecular flexibility index (Phi) is 61.3. The lowest BCUT2D eigenvalue weighted by molar-refractivity contribution is -0.161. The van der Waals surface area contributed by atoms with Crippen molar-refractivity contribution in [2.75, 3.05) is 26.4 Å². The number of rotatable bonds is 58. The van der Waals surface area contributed by atoms with Crippen molar-refractivity contribution in [2.45, 2.75) is 251 Å². The first-order valence-electron chi connectivity index (χ1n) is 32.0. The zero-order valence-electron chi connectivity index (χ0n) is 51.2. The summed E-state index contributed by atoms with van der Waals surface area (Å²) in [6.45, 7) is 3.58. The SMILES string of the molecule is CC/C=C\C/C=C\C/C=C\C/C=C\C/C=C\C/C=C\C/C=C\C/C=C\C/C=C\C/C=C\C/C=C\C/C=C\CCCCCCC(=O)OC(COC(=O)CCCCCCCCCCC/C=C\CCCCCCCC)COP(=O)(O)OCCN. The number of ether oxygens (including phenoxy) is 2. The van der Waals surface area contributed by atoms with Gasteiger partial charge in [0.25, 0.3) is 0 Å². The molecule has 0 heterocycles. The van der Waals surface area contributed by atoms with Crippen molar-refractivity contribution >= 4 is 19.8 Å². The number of carbonyl (C=O) groups excluding carboxylic acids is 2. The van der Waals surface area contributed by atoms with E-state index in [1.54, 1.807) is 0 Å². The van der Waals surface area contributed by atoms with Gasteiger partial charge in [0.2, 0.25) is 0 Å². The van der Waals surface area contributed by atoms with E-state index in [2.05, 4.69) is 172 Å². The molecule has 0 fully saturated rings. The fourth-order valence-corrected chi connectivity index (χ4v) is 8.96. The number of hydrogen-bond donors (Lipinski definition) is 2. The van der Waals surface area contributed by atoms with Crippen LogP contribution in [0.15, 0.2) is 158 Å². The van der Waals surface area contributed by atoms with Crippen LogP contribution >= 0.6 is 7.82 Å². The number of hydrogen-bond acceptors (Lipinski definition) is 8. The minimum absolute atomic E-state index is 0.0411. The van der Waals surface area contributed by atoms with E-state index >= 15 is 0 Å². The van der Waals surface area contributed by atoms with Gasteiger partial charge in [0.05, 0.1) is 13.2 Å². The maximum atomic E-state index is 12.7. The van der Waals surface area contributed by atoms with Gasteiger partial charge in [0, 0.05) is 19.4 Å². The number of carbonyl (C=O) groups is 2. The van der Waals surface area contributed by atoms with E-state index in [-0.39, 0.29) is 32.6 Å². The zero-order valence-corrected chi connectivity index (χ0v) is 52.1. The number of esters is 2. The predicted molar refractivity (Wildman–Crippen MR) is 348 cm³/mol. The molecular formula is C71H116NO8P. The van der Waals surface area contributed by atoms with Crippen LogP contribution in [0.5, 0.6) is 0 Å². The summed E-state index contributed by atoms with van der Waals surface area (Å²) >= 11 is 0. The number of phosphoric acid groups is 1. The Balaban J connectivity index is 4.05. The summed E-state index contributed by atoms with van der Waals surface area (Å²) in [7, 11) is -4.41. The van der Waals surface area contributed by atoms with Gasteiger partial charge in [-0.05, 0) is 128 Å². The first kappa shape index (κ1) is 76.6. The van der Waals surface area contributed by atoms with E-state index in [0.717, 1.165) is 128 Å². The maximum Gasteiger partial charge on any atom is 0.472 e. The van der Waals surface area contributed by atoms with Crippen LogP contribution in [-0.2, 0) is 32.7 Å². The Hall–Kier alpha value is -4.37. The molecule has 10 heteroatoms. The number of unbranched alkanes of at least 4 members (excludes halogenated alkanes) is 19. The van der Waals surface area contributed by atoms with Crippen molar-refractivity contribution in [3.8, 4) is 0 Å². The predicted octanol–water partition coefficient (Wildman–Crippen LogP) is 20.8. The van der Waals surface area contributed by atoms with Gasteiger partial charge in [-0.25, -0.2) is 4.57 Å². The summed E-state index contributed by atoms with van der Waals surface area (Å²) in [5.41, 5.74) is 5.38. The number of phosphoric ester groups is 1. The number of nitrogens with two attached hydrogens (primary N) is 1. The molecule has 0 aliphatic carbocycles. The molecule has 0 saturated heterocycles. The van der Waals surface area contributed by atoms with Gasteiger partial charge < -0.3 is 20.1 Å². The molecule has 2 atom stereocenters. The third kappa shape index (κ3) is 64.7. The van der Waals surface area contributed by atoms with Gasteiger partial charge in [0.1, 0.15) is 6.61 Å². The van der Waals surface area contributed by atoms with Crippen LogP contribution in [0.25, 0.3) is 0 Å². The van der Waals surface area contributed by atoms with Crippen LogP contribution in [-0.4, -0.2) is 49.3 Å². The van der Waals surface area contributed by atoms with E-state index in [4.69, 9.17) is 24.3 Å². The van der Waals surface area contributed by atoms with Gasteiger partial charge in [-0.1, -0.05) is 262 Å². The highest BCUT2D eigenvalue weighted by Crippen LogP contribution is 2.43. The van der Waals surface area contributed by atoms with Gasteiger partial charge >= 0.3 is 19.8 Å². The standard InChI is InChI=1S/C71H116NO8P/c1-3-5-7-9-11-13-15-17-19-21-23-24-25-26-27-28-29-30-31-32-33-34-35-36-37-38-39-40-41-42-43-44-46-48-50-52-54-56-58-60-62-64-71(74)80-69(68-79-81(75,76)78-66-65-72)67-77-70(73)63-61-59-57-55-53-51-49-47-45-22-20-18-16-14-12-10-8-6-4-2/h5,7,11,13,17-20,23-24,26-27,29-30,32-33,35-36,38-39,41-42,44,46,50,52,69H,3-4,6,8-10,12,14-16,21-22,25,28,31,34,37,40,43,45,47-49,51,53-68,72H2,1-2H3,(H,75,76)/b7-5-,13-11-,19-17-,20-18-,24-23-,27-26-,30-29-,33-32-,36-35-,39-38-,42-41-,46-44-,52-50-. The van der Waals surface area contributed by atoms with Crippen molar-refractivity contribution in [1.82, 2.24) is 0 Å². The Labute approximate surface area is 496 Å². The second-order valence-corrected chi connectivity index (χ2v) is 22.0. The number of allylic oxidation sites excluding steroid dienone is 26. The molecule has 81 heavy (non-hydrogen) atoms. The Bertz CT molecular complexity index is 1880. The molecule has 0 saturated carbocycles. The average molecular weight is 1140 g/mol. The molecule has 3 N–H and O–H groups in total. The molecule has 0 radical (unpaired) electrons. The van der Waals surface area contributed by atoms with E-state index in [9.17, 15) is 19.0 Å². The molecule has 458 valence electrons. The van der Waals surface area contributed by atoms with Crippen molar-refractivity contribution in [2.24, 2.45) is 5.73 Å². The van der Waals surface area contributed by atoms with Crippen molar-refractivity contribution in [3.63, 3.8) is 0 Å². The third-order valence-electron chi connectivity index (χ3n) is 12.9. The second kappa shape index (κ2) is 64.8. The van der Waals surface area contributed by atoms with Gasteiger partial charge in [-0.2, -0.15) is 0 Å². The van der Waals surface area contributed by atoms with Crippen LogP contribution in [0.2, 0.25) is 0 Å². The van der Waals surface area contributed by atoms with Crippen LogP contribution in [0.4, 0.5) is 0 Å². The second-order valence-electron chi connectivity index (χ2n) is 20.5. The highest BCUT2D eigenvalue weighted by atomic mass is 31.2. The summed E-state index contributed by atoms with van der Waals surface area (Å²) in [6, 6.07) is 0. The summed E-state index contributed by atoms with van der Waals surface area (Å²) in [6.07, 6.45) is 94.5. The van der Waals surface area contributed by atoms with E-state index in [1.165, 1.54) is 83.5 Å². The molecule has 0 aromatic carbocycles. The molecule has 0 spiro atoms. The lowest BCUT2D eigenvalue weighted by atomic mass is 10.1. The zero-order chi connectivity index (χ0) is 58.7. The molecule has 0 aromatic heterocycles. The quantitative estimate of drug-likeness (QED) is 0.0264. The highest BCUT2D eigenvalue weighted by molar-refractivity contribution is 7.47. The first-order valence-corrected chi connectivity index (χ1v) is 33.5. The van der Waals surface area contributed by atoms with Gasteiger partial charge in [0.15, 0.2) is 6.10 Å². The average Bonchev–Trinajstić information content (AvgIpc) is 3.46. The summed E-state index contributed by atoms with van der Waals surface area (Å²) in [4.78, 5) is 35.2. The van der Waals surface area contributed by atoms with Crippen LogP contribution in [0, 0.1) is 0 Å². The monoisotopic (exact) mass is 1140 g/mol. The summed E-state index contributed by atoms with van der Waals surface area (Å²) in [5, 5.41) is 0. The van der Waals surface area contributed by atoms with Gasteiger partial charge in [-0.15, -0.1) is 0 Å². The minimum Gasteiger partial charge on any atom is -0.462 e. The maximum absolute atomic E-state index is 12.7. The molecular weight excluding hydrogens is 1030 g/mol. The van der Waals surface area contributed by atoms with E-state index in [1.807, 2.05) is 0 Å². The molecule has 2 unspecified atom stereocenters. The van der Waals surface area contributed by atoms with Crippen molar-refractivity contribution in [1.29, 1.82) is 0 Å². The molecule has 0 bridgehead atoms. The third-order valence-corrected chi connectivity index (χ3v) is 13.9. The lowest BCUT2D eigenvalue weighted by Gasteiger charge is -2.19. The smallest absolute Gasteiger partial charge is 0.462 e. The fourth-order valence-electron chi connectivity index (χ4n) is 8.20. The Morgan fingerprint density at radius 2 is 0.679 bits per heavy atom. The molecule has 0 aliphatic heterocycles. The normalized spacial score (nSPS) is 14.1. The largest absolute Gasteiger partial charge is 0.472 e. The molecule has 0 amide bonds. The van der Waals surface area contributed by atoms with E-state index < -0.39 is 32.5 Å². The molecule has 0 aromatic rings. The van der Waals surface area contributed by atoms with Crippen LogP contribution in [0.1, 0.15) is 245 Å². The minimum atomic E-state index is -4.41. The van der Waals surface area contributed by atoms with Crippen molar-refractivity contribution in [3.05, 3.63) is 158 Å².